The third kappa shape index (κ3) is 3.37. The molecular formula is C14H21FN2O2S. The molecule has 1 aliphatic rings. The summed E-state index contributed by atoms with van der Waals surface area (Å²) in [5.74, 6) is -0.427. The van der Waals surface area contributed by atoms with Gasteiger partial charge in [0, 0.05) is 25.2 Å². The van der Waals surface area contributed by atoms with Gasteiger partial charge in [0.25, 0.3) is 0 Å². The van der Waals surface area contributed by atoms with Gasteiger partial charge in [-0.2, -0.15) is 4.31 Å². The molecule has 2 atom stereocenters. The Morgan fingerprint density at radius 3 is 2.15 bits per heavy atom. The van der Waals surface area contributed by atoms with Crippen LogP contribution in [0, 0.1) is 5.82 Å². The number of hydrogen-bond donors (Lipinski definition) is 0. The van der Waals surface area contributed by atoms with E-state index >= 15 is 0 Å². The van der Waals surface area contributed by atoms with Crippen molar-refractivity contribution in [2.45, 2.75) is 31.7 Å². The molecule has 20 heavy (non-hydrogen) atoms. The third-order valence-electron chi connectivity index (χ3n) is 3.98. The van der Waals surface area contributed by atoms with Crippen LogP contribution < -0.4 is 0 Å². The maximum atomic E-state index is 12.9. The van der Waals surface area contributed by atoms with E-state index < -0.39 is 10.0 Å². The van der Waals surface area contributed by atoms with Crippen molar-refractivity contribution in [3.05, 3.63) is 35.6 Å². The number of nitrogens with zero attached hydrogens (tertiary/aromatic N) is 2. The van der Waals surface area contributed by atoms with Crippen molar-refractivity contribution in [1.29, 1.82) is 0 Å². The van der Waals surface area contributed by atoms with E-state index in [4.69, 9.17) is 0 Å². The highest BCUT2D eigenvalue weighted by Crippen LogP contribution is 2.19. The maximum absolute atomic E-state index is 12.9. The number of hydrogen-bond acceptors (Lipinski definition) is 3. The smallest absolute Gasteiger partial charge is 0.218 e. The van der Waals surface area contributed by atoms with Gasteiger partial charge in [0.2, 0.25) is 10.0 Å². The Morgan fingerprint density at radius 1 is 1.15 bits per heavy atom. The van der Waals surface area contributed by atoms with Gasteiger partial charge in [0.1, 0.15) is 5.82 Å². The van der Waals surface area contributed by atoms with E-state index in [1.54, 1.807) is 4.31 Å². The molecule has 1 aliphatic heterocycles. The van der Waals surface area contributed by atoms with E-state index in [1.807, 2.05) is 20.9 Å². The fourth-order valence-corrected chi connectivity index (χ4v) is 4.15. The fraction of sp³-hybridized carbons (Fsp3) is 0.571. The second-order valence-electron chi connectivity index (χ2n) is 5.56. The minimum atomic E-state index is -3.35. The summed E-state index contributed by atoms with van der Waals surface area (Å²) < 4.78 is 39.3. The summed E-state index contributed by atoms with van der Waals surface area (Å²) in [6.45, 7) is 5.06. The number of sulfonamides is 1. The number of rotatable bonds is 3. The molecule has 0 spiro atoms. The molecule has 0 radical (unpaired) electrons. The standard InChI is InChI=1S/C14H21FN2O2S/c1-11-8-17(9-12(2)16(11)3)20(18,19)10-13-4-6-14(15)7-5-13/h4-7,11-12H,8-10H2,1-3H3. The van der Waals surface area contributed by atoms with Crippen LogP contribution in [0.5, 0.6) is 0 Å². The van der Waals surface area contributed by atoms with Gasteiger partial charge in [-0.1, -0.05) is 12.1 Å². The Hall–Kier alpha value is -0.980. The van der Waals surface area contributed by atoms with Crippen LogP contribution in [0.15, 0.2) is 24.3 Å². The molecule has 0 amide bonds. The predicted molar refractivity (Wildman–Crippen MR) is 77.3 cm³/mol. The minimum absolute atomic E-state index is 0.0730. The molecule has 2 rings (SSSR count). The first-order chi connectivity index (χ1) is 9.29. The normalized spacial score (nSPS) is 25.8. The van der Waals surface area contributed by atoms with Gasteiger partial charge in [0.05, 0.1) is 5.75 Å². The van der Waals surface area contributed by atoms with Gasteiger partial charge in [-0.3, -0.25) is 4.90 Å². The highest BCUT2D eigenvalue weighted by molar-refractivity contribution is 7.88. The Labute approximate surface area is 120 Å². The van der Waals surface area contributed by atoms with Gasteiger partial charge in [-0.25, -0.2) is 12.8 Å². The zero-order valence-electron chi connectivity index (χ0n) is 12.1. The zero-order chi connectivity index (χ0) is 14.9. The number of likely N-dealkylation sites (N-methyl/N-ethyl adjacent to an activating group) is 1. The van der Waals surface area contributed by atoms with Crippen LogP contribution in [0.2, 0.25) is 0 Å². The molecule has 6 heteroatoms. The van der Waals surface area contributed by atoms with E-state index in [2.05, 4.69) is 4.90 Å². The van der Waals surface area contributed by atoms with Crippen LogP contribution in [0.3, 0.4) is 0 Å². The van der Waals surface area contributed by atoms with Crippen molar-refractivity contribution in [3.63, 3.8) is 0 Å². The number of benzene rings is 1. The molecular weight excluding hydrogens is 279 g/mol. The van der Waals surface area contributed by atoms with Gasteiger partial charge in [-0.15, -0.1) is 0 Å². The molecule has 1 aromatic carbocycles. The van der Waals surface area contributed by atoms with Crippen LogP contribution in [-0.2, 0) is 15.8 Å². The van der Waals surface area contributed by atoms with Gasteiger partial charge in [-0.05, 0) is 38.6 Å². The van der Waals surface area contributed by atoms with Gasteiger partial charge in [0.15, 0.2) is 0 Å². The predicted octanol–water partition coefficient (Wildman–Crippen LogP) is 1.68. The van der Waals surface area contributed by atoms with Crippen LogP contribution in [0.4, 0.5) is 4.39 Å². The highest BCUT2D eigenvalue weighted by atomic mass is 32.2. The maximum Gasteiger partial charge on any atom is 0.218 e. The van der Waals surface area contributed by atoms with Crippen LogP contribution in [0.25, 0.3) is 0 Å². The van der Waals surface area contributed by atoms with Gasteiger partial charge < -0.3 is 0 Å². The summed E-state index contributed by atoms with van der Waals surface area (Å²) in [5.41, 5.74) is 0.616. The Morgan fingerprint density at radius 2 is 1.65 bits per heavy atom. The Bertz CT molecular complexity index is 547. The third-order valence-corrected chi connectivity index (χ3v) is 5.77. The average molecular weight is 300 g/mol. The van der Waals surface area contributed by atoms with E-state index in [-0.39, 0.29) is 23.7 Å². The van der Waals surface area contributed by atoms with Crippen molar-refractivity contribution >= 4 is 10.0 Å². The first kappa shape index (κ1) is 15.4. The van der Waals surface area contributed by atoms with E-state index in [9.17, 15) is 12.8 Å². The molecule has 0 aliphatic carbocycles. The SMILES string of the molecule is CC1CN(S(=O)(=O)Cc2ccc(F)cc2)CC(C)N1C. The molecule has 1 saturated heterocycles. The topological polar surface area (TPSA) is 40.6 Å². The zero-order valence-corrected chi connectivity index (χ0v) is 12.9. The molecule has 1 heterocycles. The molecule has 2 unspecified atom stereocenters. The van der Waals surface area contributed by atoms with Crippen molar-refractivity contribution in [2.24, 2.45) is 0 Å². The Kier molecular flexibility index (Phi) is 4.46. The lowest BCUT2D eigenvalue weighted by atomic mass is 10.1. The second kappa shape index (κ2) is 5.79. The van der Waals surface area contributed by atoms with Crippen molar-refractivity contribution in [2.75, 3.05) is 20.1 Å². The molecule has 4 nitrogen and oxygen atoms in total. The molecule has 0 aromatic heterocycles. The number of piperazine rings is 1. The second-order valence-corrected chi connectivity index (χ2v) is 7.53. The molecule has 112 valence electrons. The molecule has 0 bridgehead atoms. The summed E-state index contributed by atoms with van der Waals surface area (Å²) >= 11 is 0. The summed E-state index contributed by atoms with van der Waals surface area (Å²) in [6, 6.07) is 6.02. The summed E-state index contributed by atoms with van der Waals surface area (Å²) in [5, 5.41) is 0. The molecule has 1 aromatic rings. The molecule has 1 fully saturated rings. The average Bonchev–Trinajstić information content (AvgIpc) is 2.38. The fourth-order valence-electron chi connectivity index (χ4n) is 2.47. The lowest BCUT2D eigenvalue weighted by Crippen LogP contribution is -2.56. The summed E-state index contributed by atoms with van der Waals surface area (Å²) in [4.78, 5) is 2.18. The van der Waals surface area contributed by atoms with Gasteiger partial charge >= 0.3 is 0 Å². The minimum Gasteiger partial charge on any atom is -0.298 e. The van der Waals surface area contributed by atoms with Crippen LogP contribution >= 0.6 is 0 Å². The van der Waals surface area contributed by atoms with Crippen molar-refractivity contribution in [1.82, 2.24) is 9.21 Å². The highest BCUT2D eigenvalue weighted by Gasteiger charge is 2.33. The largest absolute Gasteiger partial charge is 0.298 e. The summed E-state index contributed by atoms with van der Waals surface area (Å²) in [7, 11) is -1.34. The number of halogens is 1. The Balaban J connectivity index is 2.12. The van der Waals surface area contributed by atoms with Crippen molar-refractivity contribution < 1.29 is 12.8 Å². The molecule has 0 saturated carbocycles. The monoisotopic (exact) mass is 300 g/mol. The van der Waals surface area contributed by atoms with Crippen LogP contribution in [0.1, 0.15) is 19.4 Å². The quantitative estimate of drug-likeness (QED) is 0.853. The first-order valence-corrected chi connectivity index (χ1v) is 8.34. The van der Waals surface area contributed by atoms with Crippen LogP contribution in [-0.4, -0.2) is 49.8 Å². The summed E-state index contributed by atoms with van der Waals surface area (Å²) in [6.07, 6.45) is 0. The lowest BCUT2D eigenvalue weighted by Gasteiger charge is -2.41. The van der Waals surface area contributed by atoms with E-state index in [0.717, 1.165) is 0 Å². The van der Waals surface area contributed by atoms with E-state index in [0.29, 0.717) is 18.7 Å². The van der Waals surface area contributed by atoms with E-state index in [1.165, 1.54) is 24.3 Å². The van der Waals surface area contributed by atoms with Crippen molar-refractivity contribution in [3.8, 4) is 0 Å². The first-order valence-electron chi connectivity index (χ1n) is 6.74. The molecule has 0 N–H and O–H groups in total. The lowest BCUT2D eigenvalue weighted by molar-refractivity contribution is 0.105.